The van der Waals surface area contributed by atoms with Crippen molar-refractivity contribution in [1.29, 1.82) is 0 Å². The van der Waals surface area contributed by atoms with Gasteiger partial charge in [0.25, 0.3) is 0 Å². The van der Waals surface area contributed by atoms with Gasteiger partial charge in [0.05, 0.1) is 24.9 Å². The van der Waals surface area contributed by atoms with Crippen LogP contribution in [0.3, 0.4) is 0 Å². The third kappa shape index (κ3) is 5.06. The van der Waals surface area contributed by atoms with Gasteiger partial charge in [-0.2, -0.15) is 0 Å². The van der Waals surface area contributed by atoms with Crippen molar-refractivity contribution >= 4 is 12.0 Å². The molecule has 0 unspecified atom stereocenters. The Morgan fingerprint density at radius 2 is 1.83 bits per heavy atom. The third-order valence-electron chi connectivity index (χ3n) is 3.03. The molecule has 2 rings (SSSR count). The Kier molecular flexibility index (Phi) is 5.62. The monoisotopic (exact) mass is 317 g/mol. The zero-order valence-electron chi connectivity index (χ0n) is 12.5. The van der Waals surface area contributed by atoms with E-state index < -0.39 is 5.97 Å². The number of methoxy groups -OCH3 is 1. The van der Waals surface area contributed by atoms with Crippen molar-refractivity contribution in [1.82, 2.24) is 15.6 Å². The number of benzene rings is 1. The van der Waals surface area contributed by atoms with Crippen molar-refractivity contribution in [2.24, 2.45) is 0 Å². The number of carbonyl (C=O) groups excluding carboxylic acids is 2. The maximum absolute atomic E-state index is 12.8. The normalized spacial score (nSPS) is 10.0. The van der Waals surface area contributed by atoms with E-state index in [2.05, 4.69) is 20.4 Å². The number of amides is 2. The van der Waals surface area contributed by atoms with Gasteiger partial charge in [0.2, 0.25) is 0 Å². The predicted octanol–water partition coefficient (Wildman–Crippen LogP) is 2.01. The first-order valence-electron chi connectivity index (χ1n) is 6.88. The van der Waals surface area contributed by atoms with Crippen molar-refractivity contribution in [3.05, 3.63) is 65.2 Å². The van der Waals surface area contributed by atoms with Crippen LogP contribution in [0.1, 0.15) is 21.6 Å². The minimum absolute atomic E-state index is 0.167. The molecule has 0 fully saturated rings. The first kappa shape index (κ1) is 16.4. The number of hydrogen-bond acceptors (Lipinski definition) is 4. The lowest BCUT2D eigenvalue weighted by atomic mass is 10.2. The van der Waals surface area contributed by atoms with Gasteiger partial charge in [-0.1, -0.05) is 12.1 Å². The van der Waals surface area contributed by atoms with E-state index >= 15 is 0 Å². The van der Waals surface area contributed by atoms with Gasteiger partial charge in [-0.15, -0.1) is 0 Å². The van der Waals surface area contributed by atoms with E-state index in [-0.39, 0.29) is 24.9 Å². The van der Waals surface area contributed by atoms with E-state index in [9.17, 15) is 14.0 Å². The molecule has 0 aliphatic heterocycles. The van der Waals surface area contributed by atoms with Crippen molar-refractivity contribution in [3.8, 4) is 0 Å². The molecule has 0 aliphatic carbocycles. The molecule has 2 N–H and O–H groups in total. The predicted molar refractivity (Wildman–Crippen MR) is 81.1 cm³/mol. The molecule has 120 valence electrons. The fourth-order valence-corrected chi connectivity index (χ4v) is 1.84. The first-order valence-corrected chi connectivity index (χ1v) is 6.88. The highest BCUT2D eigenvalue weighted by Crippen LogP contribution is 2.04. The summed E-state index contributed by atoms with van der Waals surface area (Å²) < 4.78 is 17.4. The molecule has 0 saturated carbocycles. The van der Waals surface area contributed by atoms with Gasteiger partial charge in [-0.25, -0.2) is 14.0 Å². The fourth-order valence-electron chi connectivity index (χ4n) is 1.84. The smallest absolute Gasteiger partial charge is 0.337 e. The summed E-state index contributed by atoms with van der Waals surface area (Å²) in [6.45, 7) is 0.446. The van der Waals surface area contributed by atoms with Gasteiger partial charge in [0.15, 0.2) is 0 Å². The fraction of sp³-hybridized carbons (Fsp3) is 0.188. The minimum Gasteiger partial charge on any atom is -0.465 e. The van der Waals surface area contributed by atoms with Gasteiger partial charge >= 0.3 is 12.0 Å². The van der Waals surface area contributed by atoms with Crippen LogP contribution in [0.2, 0.25) is 0 Å². The highest BCUT2D eigenvalue weighted by molar-refractivity contribution is 5.89. The van der Waals surface area contributed by atoms with Crippen LogP contribution in [0.15, 0.2) is 42.6 Å². The Morgan fingerprint density at radius 3 is 2.52 bits per heavy atom. The zero-order valence-corrected chi connectivity index (χ0v) is 12.5. The number of pyridine rings is 1. The zero-order chi connectivity index (χ0) is 16.7. The summed E-state index contributed by atoms with van der Waals surface area (Å²) >= 11 is 0. The summed E-state index contributed by atoms with van der Waals surface area (Å²) in [5, 5.41) is 5.27. The summed E-state index contributed by atoms with van der Waals surface area (Å²) in [5.74, 6) is -0.788. The molecular formula is C16H16FN3O3. The van der Waals surface area contributed by atoms with Crippen molar-refractivity contribution < 1.29 is 18.7 Å². The maximum Gasteiger partial charge on any atom is 0.337 e. The number of esters is 1. The van der Waals surface area contributed by atoms with Crippen LogP contribution >= 0.6 is 0 Å². The van der Waals surface area contributed by atoms with E-state index in [1.165, 1.54) is 31.5 Å². The lowest BCUT2D eigenvalue weighted by Crippen LogP contribution is -2.34. The van der Waals surface area contributed by atoms with E-state index in [1.54, 1.807) is 18.2 Å². The Bertz CT molecular complexity index is 689. The van der Waals surface area contributed by atoms with Crippen LogP contribution in [-0.4, -0.2) is 24.1 Å². The topological polar surface area (TPSA) is 80.3 Å². The number of ether oxygens (including phenoxy) is 1. The summed E-state index contributed by atoms with van der Waals surface area (Å²) in [4.78, 5) is 27.2. The lowest BCUT2D eigenvalue weighted by Gasteiger charge is -2.08. The highest BCUT2D eigenvalue weighted by Gasteiger charge is 2.07. The van der Waals surface area contributed by atoms with Crippen LogP contribution in [0.4, 0.5) is 9.18 Å². The van der Waals surface area contributed by atoms with Crippen LogP contribution in [0, 0.1) is 5.82 Å². The Balaban J connectivity index is 1.82. The molecule has 2 amide bonds. The molecule has 0 aliphatic rings. The number of rotatable bonds is 5. The molecule has 6 nitrogen and oxygen atoms in total. The lowest BCUT2D eigenvalue weighted by molar-refractivity contribution is 0.0600. The number of nitrogens with zero attached hydrogens (tertiary/aromatic N) is 1. The molecule has 0 saturated heterocycles. The average Bonchev–Trinajstić information content (AvgIpc) is 2.59. The third-order valence-corrected chi connectivity index (χ3v) is 3.03. The Morgan fingerprint density at radius 1 is 1.13 bits per heavy atom. The van der Waals surface area contributed by atoms with Crippen LogP contribution in [0.25, 0.3) is 0 Å². The number of hydrogen-bond donors (Lipinski definition) is 2. The van der Waals surface area contributed by atoms with Crippen molar-refractivity contribution in [2.45, 2.75) is 13.1 Å². The first-order chi connectivity index (χ1) is 11.1. The number of aromatic nitrogens is 1. The quantitative estimate of drug-likeness (QED) is 0.827. The molecule has 1 aromatic carbocycles. The van der Waals surface area contributed by atoms with Gasteiger partial charge < -0.3 is 15.4 Å². The van der Waals surface area contributed by atoms with E-state index in [1.807, 2.05) is 0 Å². The van der Waals surface area contributed by atoms with E-state index in [4.69, 9.17) is 0 Å². The molecule has 0 atom stereocenters. The average molecular weight is 317 g/mol. The number of nitrogens with one attached hydrogen (secondary N) is 2. The number of carbonyl (C=O) groups is 2. The van der Waals surface area contributed by atoms with E-state index in [0.717, 1.165) is 5.56 Å². The molecule has 1 heterocycles. The summed E-state index contributed by atoms with van der Waals surface area (Å²) in [6, 6.07) is 8.54. The van der Waals surface area contributed by atoms with E-state index in [0.29, 0.717) is 11.3 Å². The standard InChI is InChI=1S/C16H16FN3O3/c1-23-15(21)12-6-7-18-14(8-12)10-20-16(22)19-9-11-2-4-13(17)5-3-11/h2-8H,9-10H2,1H3,(H2,19,20,22). The van der Waals surface area contributed by atoms with Gasteiger partial charge in [-0.3, -0.25) is 4.98 Å². The molecule has 1 aromatic heterocycles. The van der Waals surface area contributed by atoms with Gasteiger partial charge in [0.1, 0.15) is 5.82 Å². The minimum atomic E-state index is -0.464. The Labute approximate surface area is 132 Å². The molecule has 0 spiro atoms. The maximum atomic E-state index is 12.8. The molecule has 0 radical (unpaired) electrons. The van der Waals surface area contributed by atoms with Gasteiger partial charge in [0, 0.05) is 12.7 Å². The second kappa shape index (κ2) is 7.88. The second-order valence-corrected chi connectivity index (χ2v) is 4.69. The summed E-state index contributed by atoms with van der Waals surface area (Å²) in [6.07, 6.45) is 1.47. The molecule has 23 heavy (non-hydrogen) atoms. The van der Waals surface area contributed by atoms with Gasteiger partial charge in [-0.05, 0) is 29.8 Å². The molecule has 2 aromatic rings. The Hall–Kier alpha value is -2.96. The highest BCUT2D eigenvalue weighted by atomic mass is 19.1. The molecule has 7 heteroatoms. The SMILES string of the molecule is COC(=O)c1ccnc(CNC(=O)NCc2ccc(F)cc2)c1. The van der Waals surface area contributed by atoms with Crippen LogP contribution in [0.5, 0.6) is 0 Å². The largest absolute Gasteiger partial charge is 0.465 e. The number of halogens is 1. The summed E-state index contributed by atoms with van der Waals surface area (Å²) in [5.41, 5.74) is 1.68. The second-order valence-electron chi connectivity index (χ2n) is 4.69. The van der Waals surface area contributed by atoms with Crippen molar-refractivity contribution in [3.63, 3.8) is 0 Å². The van der Waals surface area contributed by atoms with Crippen LogP contribution in [-0.2, 0) is 17.8 Å². The summed E-state index contributed by atoms with van der Waals surface area (Å²) in [7, 11) is 1.30. The molecule has 0 bridgehead atoms. The van der Waals surface area contributed by atoms with Crippen molar-refractivity contribution in [2.75, 3.05) is 7.11 Å². The van der Waals surface area contributed by atoms with Crippen LogP contribution < -0.4 is 10.6 Å². The number of urea groups is 1. The molecular weight excluding hydrogens is 301 g/mol.